The highest BCUT2D eigenvalue weighted by atomic mass is 35.5. The van der Waals surface area contributed by atoms with E-state index in [1.807, 2.05) is 24.3 Å². The Morgan fingerprint density at radius 2 is 1.59 bits per heavy atom. The molecular formula is C23H16ClN3O2. The van der Waals surface area contributed by atoms with Crippen LogP contribution < -0.4 is 0 Å². The highest BCUT2D eigenvalue weighted by molar-refractivity contribution is 6.32. The molecule has 6 heteroatoms. The molecule has 0 aliphatic rings. The van der Waals surface area contributed by atoms with Gasteiger partial charge in [0, 0.05) is 24.3 Å². The average Bonchev–Trinajstić information content (AvgIpc) is 2.77. The van der Waals surface area contributed by atoms with Crippen molar-refractivity contribution in [3.8, 4) is 12.1 Å². The molecule has 0 spiro atoms. The molecule has 1 atom stereocenters. The molecule has 0 saturated heterocycles. The van der Waals surface area contributed by atoms with Gasteiger partial charge in [0.2, 0.25) is 11.3 Å². The molecule has 3 aromatic rings. The summed E-state index contributed by atoms with van der Waals surface area (Å²) >= 11 is 6.39. The van der Waals surface area contributed by atoms with E-state index in [0.29, 0.717) is 21.4 Å². The van der Waals surface area contributed by atoms with Crippen molar-refractivity contribution in [1.82, 2.24) is 0 Å². The Kier molecular flexibility index (Phi) is 5.95. The largest absolute Gasteiger partial charge is 0.617 e. The van der Waals surface area contributed by atoms with Crippen molar-refractivity contribution in [1.29, 1.82) is 10.5 Å². The maximum absolute atomic E-state index is 12.8. The van der Waals surface area contributed by atoms with E-state index >= 15 is 0 Å². The summed E-state index contributed by atoms with van der Waals surface area (Å²) in [5.41, 5.74) is 0.250. The second kappa shape index (κ2) is 8.58. The maximum Gasteiger partial charge on any atom is 0.302 e. The molecule has 0 bridgehead atoms. The van der Waals surface area contributed by atoms with Crippen molar-refractivity contribution in [2.45, 2.75) is 5.60 Å². The van der Waals surface area contributed by atoms with Crippen LogP contribution in [0.5, 0.6) is 0 Å². The monoisotopic (exact) mass is 401 g/mol. The van der Waals surface area contributed by atoms with Crippen molar-refractivity contribution in [3.05, 3.63) is 106 Å². The van der Waals surface area contributed by atoms with Gasteiger partial charge in [-0.1, -0.05) is 60.1 Å². The normalized spacial score (nSPS) is 13.5. The first-order valence-corrected chi connectivity index (χ1v) is 9.07. The summed E-state index contributed by atoms with van der Waals surface area (Å²) in [5.74, 6) is 0. The van der Waals surface area contributed by atoms with Crippen LogP contribution in [0.15, 0.2) is 78.9 Å². The van der Waals surface area contributed by atoms with Gasteiger partial charge in [-0.3, -0.25) is 0 Å². The molecule has 0 saturated carbocycles. The second-order valence-corrected chi connectivity index (χ2v) is 6.56. The van der Waals surface area contributed by atoms with Crippen LogP contribution in [0, 0.1) is 27.9 Å². The lowest BCUT2D eigenvalue weighted by atomic mass is 9.87. The van der Waals surface area contributed by atoms with E-state index in [1.165, 1.54) is 19.2 Å². The Morgan fingerprint density at radius 1 is 0.966 bits per heavy atom. The van der Waals surface area contributed by atoms with Gasteiger partial charge in [-0.25, -0.2) is 0 Å². The number of methoxy groups -OCH3 is 1. The SMILES string of the molecule is COC(C#N)(c1ccccc1)c1ccc(/[N+]([O-])=C(\C#N)c2ccccc2)c(Cl)c1. The van der Waals surface area contributed by atoms with E-state index in [9.17, 15) is 15.7 Å². The van der Waals surface area contributed by atoms with Gasteiger partial charge >= 0.3 is 5.71 Å². The van der Waals surface area contributed by atoms with Crippen LogP contribution in [-0.2, 0) is 10.3 Å². The van der Waals surface area contributed by atoms with E-state index in [4.69, 9.17) is 16.3 Å². The molecule has 0 heterocycles. The summed E-state index contributed by atoms with van der Waals surface area (Å²) in [7, 11) is 1.44. The van der Waals surface area contributed by atoms with Gasteiger partial charge in [0.05, 0.1) is 5.56 Å². The van der Waals surface area contributed by atoms with Crippen LogP contribution in [0.1, 0.15) is 16.7 Å². The summed E-state index contributed by atoms with van der Waals surface area (Å²) in [5, 5.41) is 32.3. The van der Waals surface area contributed by atoms with Gasteiger partial charge in [-0.15, -0.1) is 0 Å². The van der Waals surface area contributed by atoms with Crippen molar-refractivity contribution in [2.75, 3.05) is 7.11 Å². The van der Waals surface area contributed by atoms with Crippen LogP contribution in [0.4, 0.5) is 5.69 Å². The third-order valence-corrected chi connectivity index (χ3v) is 4.88. The average molecular weight is 402 g/mol. The third-order valence-electron chi connectivity index (χ3n) is 4.57. The summed E-state index contributed by atoms with van der Waals surface area (Å²) in [6, 6.07) is 26.4. The van der Waals surface area contributed by atoms with Crippen LogP contribution in [0.25, 0.3) is 0 Å². The fraction of sp³-hybridized carbons (Fsp3) is 0.0870. The molecule has 0 aliphatic carbocycles. The van der Waals surface area contributed by atoms with Crippen molar-refractivity contribution < 1.29 is 9.48 Å². The molecule has 0 radical (unpaired) electrons. The van der Waals surface area contributed by atoms with Crippen LogP contribution >= 0.6 is 11.6 Å². The molecule has 3 aromatic carbocycles. The molecule has 0 amide bonds. The predicted octanol–water partition coefficient (Wildman–Crippen LogP) is 4.91. The minimum atomic E-state index is -1.38. The quantitative estimate of drug-likeness (QED) is 0.263. The highest BCUT2D eigenvalue weighted by Gasteiger charge is 2.35. The van der Waals surface area contributed by atoms with Crippen molar-refractivity contribution in [2.24, 2.45) is 0 Å². The zero-order chi connectivity index (χ0) is 20.9. The molecule has 142 valence electrons. The van der Waals surface area contributed by atoms with Gasteiger partial charge in [0.25, 0.3) is 0 Å². The maximum atomic E-state index is 12.8. The smallest absolute Gasteiger partial charge is 0.302 e. The lowest BCUT2D eigenvalue weighted by Gasteiger charge is -2.26. The van der Waals surface area contributed by atoms with Gasteiger partial charge < -0.3 is 9.94 Å². The lowest BCUT2D eigenvalue weighted by Crippen LogP contribution is -2.28. The molecule has 0 fully saturated rings. The molecule has 1 unspecified atom stereocenters. The number of hydrogen-bond donors (Lipinski definition) is 0. The van der Waals surface area contributed by atoms with Gasteiger partial charge in [-0.05, 0) is 24.3 Å². The van der Waals surface area contributed by atoms with Gasteiger partial charge in [-0.2, -0.15) is 15.3 Å². The summed E-state index contributed by atoms with van der Waals surface area (Å²) in [4.78, 5) is 0. The zero-order valence-corrected chi connectivity index (χ0v) is 16.3. The first kappa shape index (κ1) is 20.1. The van der Waals surface area contributed by atoms with E-state index in [0.717, 1.165) is 0 Å². The number of ether oxygens (including phenoxy) is 1. The predicted molar refractivity (Wildman–Crippen MR) is 111 cm³/mol. The zero-order valence-electron chi connectivity index (χ0n) is 15.5. The van der Waals surface area contributed by atoms with E-state index in [-0.39, 0.29) is 16.4 Å². The number of nitrogens with zero attached hydrogens (tertiary/aromatic N) is 3. The Morgan fingerprint density at radius 3 is 2.10 bits per heavy atom. The van der Waals surface area contributed by atoms with Crippen LogP contribution in [0.3, 0.4) is 0 Å². The number of hydrogen-bond acceptors (Lipinski definition) is 4. The molecule has 5 nitrogen and oxygen atoms in total. The summed E-state index contributed by atoms with van der Waals surface area (Å²) in [6.07, 6.45) is 0. The number of halogens is 1. The first-order chi connectivity index (χ1) is 14.1. The molecule has 0 aliphatic heterocycles. The Bertz CT molecular complexity index is 1130. The van der Waals surface area contributed by atoms with Crippen molar-refractivity contribution >= 4 is 23.0 Å². The molecule has 0 N–H and O–H groups in total. The van der Waals surface area contributed by atoms with E-state index in [2.05, 4.69) is 6.07 Å². The topological polar surface area (TPSA) is 82.9 Å². The lowest BCUT2D eigenvalue weighted by molar-refractivity contribution is -0.358. The standard InChI is InChI=1S/C23H16ClN3O2/c1-29-23(16-26,18-10-6-3-7-11-18)19-12-13-21(20(24)14-19)27(28)22(15-25)17-8-4-2-5-9-17/h2-14H,1H3/b27-22-. The van der Waals surface area contributed by atoms with Crippen molar-refractivity contribution in [3.63, 3.8) is 0 Å². The third kappa shape index (κ3) is 3.70. The minimum Gasteiger partial charge on any atom is -0.617 e. The van der Waals surface area contributed by atoms with Crippen LogP contribution in [0.2, 0.25) is 5.02 Å². The van der Waals surface area contributed by atoms with Crippen LogP contribution in [-0.4, -0.2) is 17.6 Å². The Labute approximate surface area is 173 Å². The van der Waals surface area contributed by atoms with Gasteiger partial charge in [0.15, 0.2) is 6.07 Å². The van der Waals surface area contributed by atoms with E-state index < -0.39 is 5.60 Å². The Balaban J connectivity index is 2.13. The fourth-order valence-electron chi connectivity index (χ4n) is 3.08. The molecule has 29 heavy (non-hydrogen) atoms. The number of nitriles is 2. The molecular weight excluding hydrogens is 386 g/mol. The molecule has 0 aromatic heterocycles. The second-order valence-electron chi connectivity index (χ2n) is 6.15. The fourth-order valence-corrected chi connectivity index (χ4v) is 3.34. The number of benzene rings is 3. The first-order valence-electron chi connectivity index (χ1n) is 8.69. The Hall–Kier alpha value is -3.64. The van der Waals surface area contributed by atoms with Gasteiger partial charge in [0.1, 0.15) is 11.1 Å². The minimum absolute atomic E-state index is 0.0819. The summed E-state index contributed by atoms with van der Waals surface area (Å²) < 4.78 is 6.07. The van der Waals surface area contributed by atoms with E-state index in [1.54, 1.807) is 48.5 Å². The summed E-state index contributed by atoms with van der Waals surface area (Å²) in [6.45, 7) is 0. The molecule has 3 rings (SSSR count). The number of rotatable bonds is 5. The highest BCUT2D eigenvalue weighted by Crippen LogP contribution is 2.36.